The summed E-state index contributed by atoms with van der Waals surface area (Å²) in [4.78, 5) is 21.6. The average Bonchev–Trinajstić information content (AvgIpc) is 2.01. The van der Waals surface area contributed by atoms with Crippen LogP contribution in [0.1, 0.15) is 34.1 Å². The summed E-state index contributed by atoms with van der Waals surface area (Å²) in [7, 11) is 0. The Morgan fingerprint density at radius 2 is 2.00 bits per heavy atom. The summed E-state index contributed by atoms with van der Waals surface area (Å²) in [6.07, 6.45) is 0.639. The van der Waals surface area contributed by atoms with Crippen molar-refractivity contribution < 1.29 is 19.4 Å². The summed E-state index contributed by atoms with van der Waals surface area (Å²) in [6, 6.07) is 0. The molecule has 0 bridgehead atoms. The molecule has 0 fully saturated rings. The normalized spacial score (nSPS) is 17.3. The fraction of sp³-hybridized carbons (Fsp3) is 0.778. The summed E-state index contributed by atoms with van der Waals surface area (Å²) in [5.41, 5.74) is -1.58. The highest BCUT2D eigenvalue weighted by Gasteiger charge is 2.37. The Balaban J connectivity index is 4.44. The molecule has 13 heavy (non-hydrogen) atoms. The van der Waals surface area contributed by atoms with Gasteiger partial charge in [0.1, 0.15) is 0 Å². The predicted molar refractivity (Wildman–Crippen MR) is 46.9 cm³/mol. The van der Waals surface area contributed by atoms with E-state index in [0.29, 0.717) is 6.42 Å². The molecule has 0 radical (unpaired) electrons. The van der Waals surface area contributed by atoms with Crippen molar-refractivity contribution in [1.29, 1.82) is 0 Å². The van der Waals surface area contributed by atoms with E-state index in [1.807, 2.05) is 6.92 Å². The van der Waals surface area contributed by atoms with Crippen LogP contribution in [0, 0.1) is 5.92 Å². The Hall–Kier alpha value is -0.900. The van der Waals surface area contributed by atoms with E-state index in [9.17, 15) is 14.7 Å². The number of carbonyl (C=O) groups excluding carboxylic acids is 2. The first-order valence-electron chi connectivity index (χ1n) is 4.27. The van der Waals surface area contributed by atoms with Crippen molar-refractivity contribution in [3.8, 4) is 0 Å². The van der Waals surface area contributed by atoms with Gasteiger partial charge in [-0.25, -0.2) is 4.79 Å². The lowest BCUT2D eigenvalue weighted by Crippen LogP contribution is -2.43. The van der Waals surface area contributed by atoms with E-state index in [4.69, 9.17) is 0 Å². The van der Waals surface area contributed by atoms with E-state index >= 15 is 0 Å². The standard InChI is InChI=1S/C9H16O4/c1-5-6(2)9(4,12)8(11)13-7(3)10/h6,12H,5H2,1-4H3. The zero-order chi connectivity index (χ0) is 10.6. The number of hydrogen-bond donors (Lipinski definition) is 1. The fourth-order valence-corrected chi connectivity index (χ4v) is 0.833. The molecule has 0 aliphatic heterocycles. The summed E-state index contributed by atoms with van der Waals surface area (Å²) < 4.78 is 4.31. The smallest absolute Gasteiger partial charge is 0.345 e. The topological polar surface area (TPSA) is 63.6 Å². The molecule has 0 aliphatic rings. The molecule has 0 saturated heterocycles. The molecule has 0 aromatic rings. The number of carbonyl (C=O) groups is 2. The molecule has 0 aliphatic carbocycles. The second-order valence-electron chi connectivity index (χ2n) is 3.34. The van der Waals surface area contributed by atoms with Gasteiger partial charge in [-0.05, 0) is 12.8 Å². The first-order chi connectivity index (χ1) is 5.82. The molecular formula is C9H16O4. The zero-order valence-corrected chi connectivity index (χ0v) is 8.46. The lowest BCUT2D eigenvalue weighted by Gasteiger charge is -2.26. The van der Waals surface area contributed by atoms with Gasteiger partial charge in [0.25, 0.3) is 0 Å². The largest absolute Gasteiger partial charge is 0.391 e. The minimum absolute atomic E-state index is 0.237. The molecule has 0 amide bonds. The van der Waals surface area contributed by atoms with E-state index in [1.54, 1.807) is 6.92 Å². The first kappa shape index (κ1) is 12.1. The molecular weight excluding hydrogens is 172 g/mol. The van der Waals surface area contributed by atoms with Gasteiger partial charge in [0.05, 0.1) is 0 Å². The van der Waals surface area contributed by atoms with Crippen LogP contribution in [0.3, 0.4) is 0 Å². The molecule has 0 heterocycles. The minimum Gasteiger partial charge on any atom is -0.391 e. The minimum atomic E-state index is -1.58. The molecule has 0 rings (SSSR count). The second kappa shape index (κ2) is 4.37. The van der Waals surface area contributed by atoms with Crippen LogP contribution in [-0.4, -0.2) is 22.6 Å². The third kappa shape index (κ3) is 3.14. The summed E-state index contributed by atoms with van der Waals surface area (Å²) in [5, 5.41) is 9.67. The van der Waals surface area contributed by atoms with E-state index in [1.165, 1.54) is 6.92 Å². The van der Waals surface area contributed by atoms with Gasteiger partial charge in [-0.1, -0.05) is 20.3 Å². The van der Waals surface area contributed by atoms with Crippen molar-refractivity contribution in [2.45, 2.75) is 39.7 Å². The highest BCUT2D eigenvalue weighted by molar-refractivity contribution is 5.89. The van der Waals surface area contributed by atoms with Gasteiger partial charge in [0.2, 0.25) is 0 Å². The van der Waals surface area contributed by atoms with Gasteiger partial charge < -0.3 is 9.84 Å². The molecule has 2 atom stereocenters. The molecule has 0 aromatic carbocycles. The maximum Gasteiger partial charge on any atom is 0.345 e. The molecule has 4 heteroatoms. The maximum absolute atomic E-state index is 11.2. The Labute approximate surface area is 77.9 Å². The van der Waals surface area contributed by atoms with E-state index < -0.39 is 17.5 Å². The molecule has 0 aromatic heterocycles. The van der Waals surface area contributed by atoms with Gasteiger partial charge >= 0.3 is 11.9 Å². The Kier molecular flexibility index (Phi) is 4.07. The molecule has 0 spiro atoms. The van der Waals surface area contributed by atoms with Crippen molar-refractivity contribution in [1.82, 2.24) is 0 Å². The van der Waals surface area contributed by atoms with Crippen molar-refractivity contribution in [2.24, 2.45) is 5.92 Å². The van der Waals surface area contributed by atoms with Crippen LogP contribution >= 0.6 is 0 Å². The third-order valence-corrected chi connectivity index (χ3v) is 2.22. The van der Waals surface area contributed by atoms with Gasteiger partial charge in [-0.3, -0.25) is 4.79 Å². The van der Waals surface area contributed by atoms with Crippen LogP contribution in [0.2, 0.25) is 0 Å². The van der Waals surface area contributed by atoms with Gasteiger partial charge in [0.15, 0.2) is 5.60 Å². The predicted octanol–water partition coefficient (Wildman–Crippen LogP) is 0.873. The summed E-state index contributed by atoms with van der Waals surface area (Å²) >= 11 is 0. The molecule has 4 nitrogen and oxygen atoms in total. The number of hydrogen-bond acceptors (Lipinski definition) is 4. The van der Waals surface area contributed by atoms with Crippen LogP contribution in [0.4, 0.5) is 0 Å². The number of esters is 2. The lowest BCUT2D eigenvalue weighted by molar-refractivity contribution is -0.175. The average molecular weight is 188 g/mol. The monoisotopic (exact) mass is 188 g/mol. The summed E-state index contributed by atoms with van der Waals surface area (Å²) in [6.45, 7) is 6.05. The van der Waals surface area contributed by atoms with E-state index in [0.717, 1.165) is 6.92 Å². The number of aliphatic hydroxyl groups is 1. The number of rotatable bonds is 3. The Morgan fingerprint density at radius 3 is 2.31 bits per heavy atom. The van der Waals surface area contributed by atoms with Crippen molar-refractivity contribution in [3.05, 3.63) is 0 Å². The second-order valence-corrected chi connectivity index (χ2v) is 3.34. The van der Waals surface area contributed by atoms with Crippen molar-refractivity contribution >= 4 is 11.9 Å². The molecule has 2 unspecified atom stereocenters. The van der Waals surface area contributed by atoms with Gasteiger partial charge in [0, 0.05) is 6.92 Å². The van der Waals surface area contributed by atoms with Gasteiger partial charge in [-0.15, -0.1) is 0 Å². The Morgan fingerprint density at radius 1 is 1.54 bits per heavy atom. The first-order valence-corrected chi connectivity index (χ1v) is 4.27. The number of ether oxygens (including phenoxy) is 1. The van der Waals surface area contributed by atoms with E-state index in [-0.39, 0.29) is 5.92 Å². The molecule has 1 N–H and O–H groups in total. The fourth-order valence-electron chi connectivity index (χ4n) is 0.833. The van der Waals surface area contributed by atoms with Crippen molar-refractivity contribution in [2.75, 3.05) is 0 Å². The third-order valence-electron chi connectivity index (χ3n) is 2.22. The maximum atomic E-state index is 11.2. The van der Waals surface area contributed by atoms with E-state index in [2.05, 4.69) is 4.74 Å². The SMILES string of the molecule is CCC(C)C(C)(O)C(=O)OC(C)=O. The van der Waals surface area contributed by atoms with Crippen LogP contribution in [0.15, 0.2) is 0 Å². The zero-order valence-electron chi connectivity index (χ0n) is 8.46. The van der Waals surface area contributed by atoms with Crippen LogP contribution in [0.5, 0.6) is 0 Å². The molecule has 76 valence electrons. The van der Waals surface area contributed by atoms with Crippen LogP contribution < -0.4 is 0 Å². The highest BCUT2D eigenvalue weighted by Crippen LogP contribution is 2.21. The van der Waals surface area contributed by atoms with Crippen molar-refractivity contribution in [3.63, 3.8) is 0 Å². The van der Waals surface area contributed by atoms with Crippen LogP contribution in [0.25, 0.3) is 0 Å². The Bertz CT molecular complexity index is 208. The highest BCUT2D eigenvalue weighted by atomic mass is 16.6. The molecule has 0 saturated carbocycles. The quantitative estimate of drug-likeness (QED) is 0.527. The lowest BCUT2D eigenvalue weighted by atomic mass is 9.89. The van der Waals surface area contributed by atoms with Gasteiger partial charge in [-0.2, -0.15) is 0 Å². The summed E-state index contributed by atoms with van der Waals surface area (Å²) in [5.74, 6) is -1.82. The van der Waals surface area contributed by atoms with Crippen LogP contribution in [-0.2, 0) is 14.3 Å².